The summed E-state index contributed by atoms with van der Waals surface area (Å²) in [6, 6.07) is 18.5. The molecule has 0 atom stereocenters. The third-order valence-corrected chi connectivity index (χ3v) is 4.35. The van der Waals surface area contributed by atoms with E-state index in [9.17, 15) is 0 Å². The molecule has 4 rings (SSSR count). The number of imidazole rings is 1. The van der Waals surface area contributed by atoms with Crippen molar-refractivity contribution in [1.29, 1.82) is 0 Å². The summed E-state index contributed by atoms with van der Waals surface area (Å²) < 4.78 is 2.01. The number of hydrogen-bond acceptors (Lipinski definition) is 3. The van der Waals surface area contributed by atoms with Gasteiger partial charge in [0, 0.05) is 11.6 Å². The van der Waals surface area contributed by atoms with Crippen LogP contribution in [0.2, 0.25) is 0 Å². The van der Waals surface area contributed by atoms with Crippen molar-refractivity contribution in [3.63, 3.8) is 0 Å². The summed E-state index contributed by atoms with van der Waals surface area (Å²) in [7, 11) is 0. The quantitative estimate of drug-likeness (QED) is 0.405. The van der Waals surface area contributed by atoms with Gasteiger partial charge in [-0.2, -0.15) is 0 Å². The summed E-state index contributed by atoms with van der Waals surface area (Å²) in [5.74, 6) is 1.08. The van der Waals surface area contributed by atoms with Crippen LogP contribution < -0.4 is 0 Å². The van der Waals surface area contributed by atoms with Crippen molar-refractivity contribution in [1.82, 2.24) is 9.38 Å². The number of nitrogens with zero attached hydrogens (tertiary/aromatic N) is 4. The molecule has 4 aromatic rings. The van der Waals surface area contributed by atoms with Crippen LogP contribution in [0.5, 0.6) is 0 Å². The average Bonchev–Trinajstić information content (AvgIpc) is 2.97. The zero-order valence-corrected chi connectivity index (χ0v) is 14.6. The number of aryl methyl sites for hydroxylation is 1. The van der Waals surface area contributed by atoms with Crippen LogP contribution in [0.3, 0.4) is 0 Å². The molecule has 0 aliphatic heterocycles. The summed E-state index contributed by atoms with van der Waals surface area (Å²) in [5, 5.41) is 11.4. The van der Waals surface area contributed by atoms with E-state index in [1.807, 2.05) is 34.9 Å². The first-order chi connectivity index (χ1) is 12.1. The largest absolute Gasteiger partial charge is 0.283 e. The fourth-order valence-electron chi connectivity index (χ4n) is 3.04. The minimum absolute atomic E-state index is 0.279. The minimum Gasteiger partial charge on any atom is -0.283 e. The van der Waals surface area contributed by atoms with Crippen LogP contribution in [0.25, 0.3) is 16.4 Å². The molecule has 0 fully saturated rings. The average molecular weight is 328 g/mol. The summed E-state index contributed by atoms with van der Waals surface area (Å²) in [4.78, 5) is 4.76. The van der Waals surface area contributed by atoms with Gasteiger partial charge in [0.2, 0.25) is 0 Å². The molecule has 0 saturated carbocycles. The van der Waals surface area contributed by atoms with E-state index in [4.69, 9.17) is 4.98 Å². The highest BCUT2D eigenvalue weighted by Gasteiger charge is 2.15. The Morgan fingerprint density at radius 1 is 0.960 bits per heavy atom. The summed E-state index contributed by atoms with van der Waals surface area (Å²) >= 11 is 0. The second-order valence-electron chi connectivity index (χ2n) is 6.61. The van der Waals surface area contributed by atoms with Crippen LogP contribution >= 0.6 is 0 Å². The fourth-order valence-corrected chi connectivity index (χ4v) is 3.04. The maximum atomic E-state index is 4.76. The zero-order valence-electron chi connectivity index (χ0n) is 14.6. The van der Waals surface area contributed by atoms with Gasteiger partial charge < -0.3 is 0 Å². The Morgan fingerprint density at radius 2 is 1.76 bits per heavy atom. The normalized spacial score (nSPS) is 12.0. The van der Waals surface area contributed by atoms with E-state index in [2.05, 4.69) is 61.3 Å². The van der Waals surface area contributed by atoms with Crippen molar-refractivity contribution < 1.29 is 0 Å². The van der Waals surface area contributed by atoms with Gasteiger partial charge in [-0.15, -0.1) is 10.2 Å². The molecule has 2 aromatic carbocycles. The molecule has 0 unspecified atom stereocenters. The van der Waals surface area contributed by atoms with Crippen molar-refractivity contribution >= 4 is 27.9 Å². The maximum Gasteiger partial charge on any atom is 0.183 e. The topological polar surface area (TPSA) is 42.0 Å². The molecule has 4 nitrogen and oxygen atoms in total. The Hall–Kier alpha value is -3.01. The molecule has 124 valence electrons. The first-order valence-electron chi connectivity index (χ1n) is 8.51. The lowest BCUT2D eigenvalue weighted by Gasteiger charge is -2.03. The van der Waals surface area contributed by atoms with E-state index in [0.29, 0.717) is 0 Å². The molecule has 0 aliphatic carbocycles. The predicted molar refractivity (Wildman–Crippen MR) is 102 cm³/mol. The summed E-state index contributed by atoms with van der Waals surface area (Å²) in [6.07, 6.45) is 2.01. The molecule has 2 aromatic heterocycles. The molecule has 2 heterocycles. The Bertz CT molecular complexity index is 1080. The van der Waals surface area contributed by atoms with Crippen molar-refractivity contribution in [3.8, 4) is 0 Å². The zero-order chi connectivity index (χ0) is 17.4. The van der Waals surface area contributed by atoms with Crippen molar-refractivity contribution in [2.24, 2.45) is 10.2 Å². The van der Waals surface area contributed by atoms with Crippen LogP contribution in [0.4, 0.5) is 11.5 Å². The van der Waals surface area contributed by atoms with Crippen molar-refractivity contribution in [3.05, 3.63) is 72.1 Å². The van der Waals surface area contributed by atoms with E-state index < -0.39 is 0 Å². The van der Waals surface area contributed by atoms with E-state index in [1.54, 1.807) is 0 Å². The number of benzene rings is 2. The number of pyridine rings is 1. The lowest BCUT2D eigenvalue weighted by atomic mass is 10.1. The lowest BCUT2D eigenvalue weighted by Crippen LogP contribution is -1.87. The van der Waals surface area contributed by atoms with Gasteiger partial charge in [-0.3, -0.25) is 4.40 Å². The molecular weight excluding hydrogens is 308 g/mol. The first-order valence-corrected chi connectivity index (χ1v) is 8.51. The monoisotopic (exact) mass is 328 g/mol. The highest BCUT2D eigenvalue weighted by molar-refractivity contribution is 5.92. The molecule has 0 radical (unpaired) electrons. The number of azo groups is 1. The molecule has 0 amide bonds. The van der Waals surface area contributed by atoms with Crippen molar-refractivity contribution in [2.45, 2.75) is 26.7 Å². The summed E-state index contributed by atoms with van der Waals surface area (Å²) in [5.41, 5.74) is 3.94. The molecular formula is C21H20N4. The molecule has 0 N–H and O–H groups in total. The van der Waals surface area contributed by atoms with Gasteiger partial charge >= 0.3 is 0 Å². The number of fused-ring (bicyclic) bond motifs is 2. The van der Waals surface area contributed by atoms with Gasteiger partial charge in [0.25, 0.3) is 0 Å². The molecule has 25 heavy (non-hydrogen) atoms. The van der Waals surface area contributed by atoms with Crippen molar-refractivity contribution in [2.75, 3.05) is 0 Å². The van der Waals surface area contributed by atoms with Gasteiger partial charge in [-0.25, -0.2) is 4.98 Å². The third-order valence-electron chi connectivity index (χ3n) is 4.35. The number of hydrogen-bond donors (Lipinski definition) is 0. The molecule has 0 aliphatic rings. The van der Waals surface area contributed by atoms with Gasteiger partial charge in [0.1, 0.15) is 5.65 Å². The van der Waals surface area contributed by atoms with Crippen LogP contribution in [0, 0.1) is 6.92 Å². The van der Waals surface area contributed by atoms with Gasteiger partial charge in [-0.1, -0.05) is 50.2 Å². The van der Waals surface area contributed by atoms with Gasteiger partial charge in [0.15, 0.2) is 5.82 Å². The maximum absolute atomic E-state index is 4.76. The summed E-state index contributed by atoms with van der Waals surface area (Å²) in [6.45, 7) is 6.33. The fraction of sp³-hybridized carbons (Fsp3) is 0.190. The predicted octanol–water partition coefficient (Wildman–Crippen LogP) is 6.33. The Balaban J connectivity index is 1.87. The molecule has 0 spiro atoms. The second-order valence-corrected chi connectivity index (χ2v) is 6.61. The van der Waals surface area contributed by atoms with E-state index in [0.717, 1.165) is 33.6 Å². The lowest BCUT2D eigenvalue weighted by molar-refractivity contribution is 0.831. The van der Waals surface area contributed by atoms with Crippen LogP contribution in [0.15, 0.2) is 71.0 Å². The highest BCUT2D eigenvalue weighted by atomic mass is 15.2. The minimum atomic E-state index is 0.279. The highest BCUT2D eigenvalue weighted by Crippen LogP contribution is 2.31. The second kappa shape index (κ2) is 6.13. The van der Waals surface area contributed by atoms with E-state index in [-0.39, 0.29) is 5.92 Å². The SMILES string of the molecule is Cc1ccn2c(N=Nc3cccc4ccccc34)c(C(C)C)nc2c1. The Kier molecular flexibility index (Phi) is 3.80. The molecule has 4 heteroatoms. The van der Waals surface area contributed by atoms with Crippen LogP contribution in [-0.4, -0.2) is 9.38 Å². The van der Waals surface area contributed by atoms with E-state index in [1.165, 1.54) is 5.56 Å². The smallest absolute Gasteiger partial charge is 0.183 e. The third kappa shape index (κ3) is 2.80. The molecule has 0 bridgehead atoms. The van der Waals surface area contributed by atoms with Crippen LogP contribution in [-0.2, 0) is 0 Å². The van der Waals surface area contributed by atoms with Crippen LogP contribution in [0.1, 0.15) is 31.0 Å². The Morgan fingerprint density at radius 3 is 2.60 bits per heavy atom. The number of aromatic nitrogens is 2. The van der Waals surface area contributed by atoms with Gasteiger partial charge in [0.05, 0.1) is 11.4 Å². The Labute approximate surface area is 146 Å². The first kappa shape index (κ1) is 15.5. The number of rotatable bonds is 3. The molecule has 0 saturated heterocycles. The standard InChI is InChI=1S/C21H20N4/c1-14(2)20-21(25-12-11-15(3)13-19(25)22-20)24-23-18-10-6-8-16-7-4-5-9-17(16)18/h4-14H,1-3H3. The van der Waals surface area contributed by atoms with E-state index >= 15 is 0 Å². The van der Waals surface area contributed by atoms with Gasteiger partial charge in [-0.05, 0) is 42.0 Å².